The molecule has 170 valence electrons. The van der Waals surface area contributed by atoms with Crippen LogP contribution in [0.2, 0.25) is 0 Å². The summed E-state index contributed by atoms with van der Waals surface area (Å²) in [5, 5.41) is 7.76. The quantitative estimate of drug-likeness (QED) is 0.525. The molecule has 3 aromatic rings. The Morgan fingerprint density at radius 1 is 0.939 bits per heavy atom. The van der Waals surface area contributed by atoms with Gasteiger partial charge in [0, 0.05) is 37.6 Å². The van der Waals surface area contributed by atoms with Crippen molar-refractivity contribution in [3.8, 4) is 5.75 Å². The van der Waals surface area contributed by atoms with Crippen LogP contribution in [0, 0.1) is 0 Å². The summed E-state index contributed by atoms with van der Waals surface area (Å²) < 4.78 is 5.42. The number of thiocarbonyl (C=S) groups is 1. The zero-order valence-electron chi connectivity index (χ0n) is 17.9. The van der Waals surface area contributed by atoms with Crippen molar-refractivity contribution in [3.05, 3.63) is 77.0 Å². The van der Waals surface area contributed by atoms with Gasteiger partial charge >= 0.3 is 0 Å². The summed E-state index contributed by atoms with van der Waals surface area (Å²) in [7, 11) is 0. The first-order chi connectivity index (χ1) is 16.1. The molecule has 1 fully saturated rings. The van der Waals surface area contributed by atoms with Gasteiger partial charge in [0.05, 0.1) is 4.88 Å². The van der Waals surface area contributed by atoms with E-state index in [1.54, 1.807) is 12.1 Å². The molecular formula is C24H24N4O3S2. The number of nitrogens with zero attached hydrogens (tertiary/aromatic N) is 2. The summed E-state index contributed by atoms with van der Waals surface area (Å²) in [5.41, 5.74) is 1.86. The number of rotatable bonds is 6. The van der Waals surface area contributed by atoms with Crippen molar-refractivity contribution in [3.63, 3.8) is 0 Å². The van der Waals surface area contributed by atoms with Crippen LogP contribution in [-0.4, -0.2) is 54.6 Å². The second kappa shape index (κ2) is 10.9. The molecule has 0 radical (unpaired) electrons. The Bertz CT molecular complexity index is 1080. The van der Waals surface area contributed by atoms with Gasteiger partial charge in [-0.2, -0.15) is 0 Å². The fraction of sp³-hybridized carbons (Fsp3) is 0.208. The first kappa shape index (κ1) is 22.8. The molecule has 0 spiro atoms. The molecule has 0 bridgehead atoms. The van der Waals surface area contributed by atoms with Crippen LogP contribution in [0.1, 0.15) is 9.67 Å². The van der Waals surface area contributed by atoms with Gasteiger partial charge in [-0.05, 0) is 60.1 Å². The second-order valence-corrected chi connectivity index (χ2v) is 8.76. The summed E-state index contributed by atoms with van der Waals surface area (Å²) in [6.45, 7) is 2.82. The zero-order chi connectivity index (χ0) is 23.0. The minimum Gasteiger partial charge on any atom is -0.484 e. The number of benzene rings is 2. The molecule has 1 aliphatic heterocycles. The molecule has 2 amide bonds. The van der Waals surface area contributed by atoms with Crippen LogP contribution >= 0.6 is 23.6 Å². The number of para-hydroxylation sites is 1. The zero-order valence-corrected chi connectivity index (χ0v) is 19.5. The Hall–Kier alpha value is -3.43. The minimum absolute atomic E-state index is 0.105. The average molecular weight is 481 g/mol. The van der Waals surface area contributed by atoms with Crippen molar-refractivity contribution in [1.29, 1.82) is 0 Å². The van der Waals surface area contributed by atoms with E-state index in [0.717, 1.165) is 29.3 Å². The lowest BCUT2D eigenvalue weighted by atomic mass is 10.2. The standard InChI is InChI=1S/C24H24N4O3S2/c29-22(17-31-20-5-2-1-3-6-20)26-24(32)25-18-8-10-19(11-9-18)27-12-14-28(15-13-27)23(30)21-7-4-16-33-21/h1-11,16H,12-15,17H2,(H2,25,26,29,32). The van der Waals surface area contributed by atoms with Gasteiger partial charge in [0.25, 0.3) is 11.8 Å². The van der Waals surface area contributed by atoms with E-state index in [2.05, 4.69) is 15.5 Å². The highest BCUT2D eigenvalue weighted by atomic mass is 32.1. The monoisotopic (exact) mass is 480 g/mol. The number of piperazine rings is 1. The van der Waals surface area contributed by atoms with Crippen molar-refractivity contribution in [2.24, 2.45) is 0 Å². The molecule has 2 N–H and O–H groups in total. The molecule has 0 unspecified atom stereocenters. The highest BCUT2D eigenvalue weighted by molar-refractivity contribution is 7.80. The molecule has 1 saturated heterocycles. The predicted octanol–water partition coefficient (Wildman–Crippen LogP) is 3.60. The topological polar surface area (TPSA) is 73.9 Å². The molecule has 2 aromatic carbocycles. The molecule has 1 aromatic heterocycles. The molecule has 4 rings (SSSR count). The number of hydrogen-bond donors (Lipinski definition) is 2. The van der Waals surface area contributed by atoms with Gasteiger partial charge in [0.2, 0.25) is 0 Å². The Labute approximate surface area is 202 Å². The fourth-order valence-corrected chi connectivity index (χ4v) is 4.39. The van der Waals surface area contributed by atoms with E-state index in [1.165, 1.54) is 11.3 Å². The maximum atomic E-state index is 12.5. The van der Waals surface area contributed by atoms with Crippen molar-refractivity contribution < 1.29 is 14.3 Å². The van der Waals surface area contributed by atoms with Crippen LogP contribution in [0.5, 0.6) is 5.75 Å². The summed E-state index contributed by atoms with van der Waals surface area (Å²) >= 11 is 6.70. The third kappa shape index (κ3) is 6.30. The minimum atomic E-state index is -0.331. The van der Waals surface area contributed by atoms with Crippen molar-refractivity contribution >= 4 is 51.9 Å². The van der Waals surface area contributed by atoms with Crippen molar-refractivity contribution in [2.45, 2.75) is 0 Å². The van der Waals surface area contributed by atoms with Gasteiger partial charge in [0.15, 0.2) is 11.7 Å². The van der Waals surface area contributed by atoms with E-state index < -0.39 is 0 Å². The number of ether oxygens (including phenoxy) is 1. The first-order valence-corrected chi connectivity index (χ1v) is 11.8. The number of carbonyl (C=O) groups excluding carboxylic acids is 2. The summed E-state index contributed by atoms with van der Waals surface area (Å²) in [5.74, 6) is 0.399. The van der Waals surface area contributed by atoms with Crippen LogP contribution in [-0.2, 0) is 4.79 Å². The van der Waals surface area contributed by atoms with Gasteiger partial charge in [0.1, 0.15) is 5.75 Å². The molecule has 1 aliphatic rings. The summed E-state index contributed by atoms with van der Waals surface area (Å²) in [4.78, 5) is 29.5. The number of nitrogens with one attached hydrogen (secondary N) is 2. The van der Waals surface area contributed by atoms with Crippen LogP contribution in [0.25, 0.3) is 0 Å². The van der Waals surface area contributed by atoms with E-state index in [0.29, 0.717) is 18.8 Å². The molecule has 2 heterocycles. The Morgan fingerprint density at radius 2 is 1.67 bits per heavy atom. The molecule has 0 aliphatic carbocycles. The molecule has 7 nitrogen and oxygen atoms in total. The van der Waals surface area contributed by atoms with E-state index >= 15 is 0 Å². The van der Waals surface area contributed by atoms with Gasteiger partial charge in [-0.25, -0.2) is 0 Å². The third-order valence-corrected chi connectivity index (χ3v) is 6.22. The van der Waals surface area contributed by atoms with E-state index in [4.69, 9.17) is 17.0 Å². The highest BCUT2D eigenvalue weighted by Crippen LogP contribution is 2.21. The molecule has 9 heteroatoms. The number of thiophene rings is 1. The van der Waals surface area contributed by atoms with Crippen LogP contribution in [0.4, 0.5) is 11.4 Å². The van der Waals surface area contributed by atoms with Gasteiger partial charge in [-0.3, -0.25) is 14.9 Å². The highest BCUT2D eigenvalue weighted by Gasteiger charge is 2.22. The van der Waals surface area contributed by atoms with Crippen LogP contribution < -0.4 is 20.3 Å². The first-order valence-electron chi connectivity index (χ1n) is 10.5. The second-order valence-electron chi connectivity index (χ2n) is 7.41. The van der Waals surface area contributed by atoms with E-state index in [-0.39, 0.29) is 23.5 Å². The maximum absolute atomic E-state index is 12.5. The van der Waals surface area contributed by atoms with E-state index in [9.17, 15) is 9.59 Å². The van der Waals surface area contributed by atoms with Gasteiger partial charge in [-0.15, -0.1) is 11.3 Å². The third-order valence-electron chi connectivity index (χ3n) is 5.16. The van der Waals surface area contributed by atoms with Crippen molar-refractivity contribution in [1.82, 2.24) is 10.2 Å². The number of anilines is 2. The molecule has 0 saturated carbocycles. The van der Waals surface area contributed by atoms with Gasteiger partial charge < -0.3 is 19.9 Å². The van der Waals surface area contributed by atoms with E-state index in [1.807, 2.05) is 64.9 Å². The Kier molecular flexibility index (Phi) is 7.54. The van der Waals surface area contributed by atoms with Gasteiger partial charge in [-0.1, -0.05) is 24.3 Å². The number of hydrogen-bond acceptors (Lipinski definition) is 6. The van der Waals surface area contributed by atoms with Crippen molar-refractivity contribution in [2.75, 3.05) is 43.0 Å². The smallest absolute Gasteiger partial charge is 0.264 e. The Morgan fingerprint density at radius 3 is 2.33 bits per heavy atom. The lowest BCUT2D eigenvalue weighted by Gasteiger charge is -2.36. The lowest BCUT2D eigenvalue weighted by Crippen LogP contribution is -2.48. The lowest BCUT2D eigenvalue weighted by molar-refractivity contribution is -0.121. The summed E-state index contributed by atoms with van der Waals surface area (Å²) in [6, 6.07) is 20.7. The normalized spacial score (nSPS) is 13.3. The molecular weight excluding hydrogens is 456 g/mol. The number of carbonyl (C=O) groups is 2. The largest absolute Gasteiger partial charge is 0.484 e. The Balaban J connectivity index is 1.22. The molecule has 33 heavy (non-hydrogen) atoms. The number of amides is 2. The average Bonchev–Trinajstić information content (AvgIpc) is 3.39. The fourth-order valence-electron chi connectivity index (χ4n) is 3.47. The molecule has 0 atom stereocenters. The predicted molar refractivity (Wildman–Crippen MR) is 135 cm³/mol. The van der Waals surface area contributed by atoms with Crippen LogP contribution in [0.3, 0.4) is 0 Å². The van der Waals surface area contributed by atoms with Crippen LogP contribution in [0.15, 0.2) is 72.1 Å². The summed E-state index contributed by atoms with van der Waals surface area (Å²) in [6.07, 6.45) is 0. The SMILES string of the molecule is O=C(COc1ccccc1)NC(=S)Nc1ccc(N2CCN(C(=O)c3cccs3)CC2)cc1. The maximum Gasteiger partial charge on any atom is 0.264 e.